The molecule has 0 spiro atoms. The number of hydrogen-bond donors (Lipinski definition) is 1. The average Bonchev–Trinajstić information content (AvgIpc) is 3.02. The van der Waals surface area contributed by atoms with Gasteiger partial charge in [-0.2, -0.15) is 0 Å². The Hall–Kier alpha value is -1.02. The number of halogens is 1. The van der Waals surface area contributed by atoms with Crippen molar-refractivity contribution in [3.8, 4) is 0 Å². The van der Waals surface area contributed by atoms with Gasteiger partial charge in [0.25, 0.3) is 0 Å². The molecule has 0 heterocycles. The van der Waals surface area contributed by atoms with E-state index in [2.05, 4.69) is 0 Å². The predicted octanol–water partition coefficient (Wildman–Crippen LogP) is 3.39. The van der Waals surface area contributed by atoms with Crippen LogP contribution in [0.5, 0.6) is 0 Å². The lowest BCUT2D eigenvalue weighted by Crippen LogP contribution is -2.07. The van der Waals surface area contributed by atoms with Crippen LogP contribution >= 0.6 is 11.6 Å². The second-order valence-corrected chi connectivity index (χ2v) is 5.04. The van der Waals surface area contributed by atoms with Gasteiger partial charge in [-0.3, -0.25) is 0 Å². The van der Waals surface area contributed by atoms with E-state index in [1.54, 1.807) is 6.92 Å². The molecule has 0 amide bonds. The Kier molecular flexibility index (Phi) is 3.20. The average molecular weight is 238 g/mol. The lowest BCUT2D eigenvalue weighted by Gasteiger charge is -2.16. The largest absolute Gasteiger partial charge is 0.398 e. The van der Waals surface area contributed by atoms with E-state index in [1.165, 1.54) is 12.8 Å². The molecule has 1 aliphatic rings. The van der Waals surface area contributed by atoms with Crippen LogP contribution in [0.4, 0.5) is 5.69 Å². The number of carbonyl (C=O) groups excluding carboxylic acids is 1. The van der Waals surface area contributed by atoms with Crippen molar-refractivity contribution in [2.75, 3.05) is 5.73 Å². The van der Waals surface area contributed by atoms with Gasteiger partial charge >= 0.3 is 0 Å². The number of hydrogen-bond acceptors (Lipinski definition) is 2. The Morgan fingerprint density at radius 1 is 1.56 bits per heavy atom. The summed E-state index contributed by atoms with van der Waals surface area (Å²) < 4.78 is 0. The van der Waals surface area contributed by atoms with Crippen molar-refractivity contribution in [2.45, 2.75) is 32.1 Å². The first-order valence-corrected chi connectivity index (χ1v) is 6.00. The Bertz CT molecular complexity index is 412. The van der Waals surface area contributed by atoms with E-state index in [9.17, 15) is 4.79 Å². The first-order valence-electron chi connectivity index (χ1n) is 5.62. The number of ketones is 1. The standard InChI is InChI=1S/C13H16ClNO/c1-8(16)6-11(9-2-3-9)10-4-5-12(14)13(15)7-10/h4-5,7,9,11H,2-3,6,15H2,1H3. The van der Waals surface area contributed by atoms with Crippen LogP contribution in [0.15, 0.2) is 18.2 Å². The van der Waals surface area contributed by atoms with Gasteiger partial charge in [-0.25, -0.2) is 0 Å². The Morgan fingerprint density at radius 2 is 2.25 bits per heavy atom. The number of carbonyl (C=O) groups is 1. The molecule has 1 saturated carbocycles. The van der Waals surface area contributed by atoms with Crippen LogP contribution in [0.2, 0.25) is 5.02 Å². The minimum absolute atomic E-state index is 0.241. The first-order chi connectivity index (χ1) is 7.58. The summed E-state index contributed by atoms with van der Waals surface area (Å²) in [5.74, 6) is 1.23. The molecule has 0 bridgehead atoms. The summed E-state index contributed by atoms with van der Waals surface area (Å²) in [5.41, 5.74) is 7.55. The lowest BCUT2D eigenvalue weighted by molar-refractivity contribution is -0.117. The zero-order chi connectivity index (χ0) is 11.7. The fourth-order valence-electron chi connectivity index (χ4n) is 2.16. The molecule has 1 unspecified atom stereocenters. The van der Waals surface area contributed by atoms with Crippen LogP contribution in [-0.2, 0) is 4.79 Å². The van der Waals surface area contributed by atoms with Gasteiger partial charge in [-0.15, -0.1) is 0 Å². The molecular weight excluding hydrogens is 222 g/mol. The van der Waals surface area contributed by atoms with Gasteiger partial charge in [-0.1, -0.05) is 17.7 Å². The third-order valence-corrected chi connectivity index (χ3v) is 3.49. The van der Waals surface area contributed by atoms with Crippen molar-refractivity contribution < 1.29 is 4.79 Å². The van der Waals surface area contributed by atoms with E-state index in [4.69, 9.17) is 17.3 Å². The molecule has 0 aromatic heterocycles. The van der Waals surface area contributed by atoms with Gasteiger partial charge < -0.3 is 10.5 Å². The molecule has 0 radical (unpaired) electrons. The summed E-state index contributed by atoms with van der Waals surface area (Å²) in [6.45, 7) is 1.65. The van der Waals surface area contributed by atoms with Crippen molar-refractivity contribution in [1.29, 1.82) is 0 Å². The monoisotopic (exact) mass is 237 g/mol. The third kappa shape index (κ3) is 2.56. The fourth-order valence-corrected chi connectivity index (χ4v) is 2.28. The van der Waals surface area contributed by atoms with Gasteiger partial charge in [0.05, 0.1) is 10.7 Å². The summed E-state index contributed by atoms with van der Waals surface area (Å²) >= 11 is 5.89. The highest BCUT2D eigenvalue weighted by molar-refractivity contribution is 6.33. The van der Waals surface area contributed by atoms with E-state index in [0.717, 1.165) is 5.56 Å². The predicted molar refractivity (Wildman–Crippen MR) is 66.6 cm³/mol. The molecule has 2 N–H and O–H groups in total. The van der Waals surface area contributed by atoms with Crippen LogP contribution in [0, 0.1) is 5.92 Å². The van der Waals surface area contributed by atoms with E-state index in [1.807, 2.05) is 18.2 Å². The number of anilines is 1. The third-order valence-electron chi connectivity index (χ3n) is 3.15. The second kappa shape index (κ2) is 4.46. The topological polar surface area (TPSA) is 43.1 Å². The maximum Gasteiger partial charge on any atom is 0.130 e. The molecule has 1 aromatic rings. The van der Waals surface area contributed by atoms with Crippen molar-refractivity contribution >= 4 is 23.1 Å². The van der Waals surface area contributed by atoms with Crippen molar-refractivity contribution in [3.05, 3.63) is 28.8 Å². The summed E-state index contributed by atoms with van der Waals surface area (Å²) in [6.07, 6.45) is 3.06. The molecule has 86 valence electrons. The van der Waals surface area contributed by atoms with Crippen molar-refractivity contribution in [1.82, 2.24) is 0 Å². The van der Waals surface area contributed by atoms with Crippen LogP contribution in [0.3, 0.4) is 0 Å². The van der Waals surface area contributed by atoms with Crippen LogP contribution < -0.4 is 5.73 Å². The highest BCUT2D eigenvalue weighted by Gasteiger charge is 2.33. The zero-order valence-corrected chi connectivity index (χ0v) is 10.1. The lowest BCUT2D eigenvalue weighted by atomic mass is 9.89. The first kappa shape index (κ1) is 11.5. The zero-order valence-electron chi connectivity index (χ0n) is 9.37. The van der Waals surface area contributed by atoms with Crippen molar-refractivity contribution in [3.63, 3.8) is 0 Å². The SMILES string of the molecule is CC(=O)CC(c1ccc(Cl)c(N)c1)C1CC1. The van der Waals surface area contributed by atoms with Crippen LogP contribution in [0.25, 0.3) is 0 Å². The molecule has 16 heavy (non-hydrogen) atoms. The normalized spacial score (nSPS) is 17.1. The second-order valence-electron chi connectivity index (χ2n) is 4.63. The molecule has 1 atom stereocenters. The maximum absolute atomic E-state index is 11.3. The van der Waals surface area contributed by atoms with Gasteiger partial charge in [0.1, 0.15) is 5.78 Å². The Labute approximate surface area is 101 Å². The molecule has 2 nitrogen and oxygen atoms in total. The number of Topliss-reactive ketones (excluding diaryl/α,β-unsaturated/α-hetero) is 1. The molecule has 0 saturated heterocycles. The van der Waals surface area contributed by atoms with Gasteiger partial charge in [-0.05, 0) is 49.3 Å². The van der Waals surface area contributed by atoms with Crippen LogP contribution in [-0.4, -0.2) is 5.78 Å². The van der Waals surface area contributed by atoms with E-state index in [0.29, 0.717) is 29.0 Å². The van der Waals surface area contributed by atoms with Crippen LogP contribution in [0.1, 0.15) is 37.7 Å². The Morgan fingerprint density at radius 3 is 2.75 bits per heavy atom. The van der Waals surface area contributed by atoms with E-state index >= 15 is 0 Å². The van der Waals surface area contributed by atoms with Gasteiger partial charge in [0.15, 0.2) is 0 Å². The summed E-state index contributed by atoms with van der Waals surface area (Å²) in [6, 6.07) is 5.72. The molecule has 3 heteroatoms. The minimum Gasteiger partial charge on any atom is -0.398 e. The molecule has 1 aliphatic carbocycles. The highest BCUT2D eigenvalue weighted by Crippen LogP contribution is 2.45. The Balaban J connectivity index is 2.24. The maximum atomic E-state index is 11.3. The van der Waals surface area contributed by atoms with Crippen molar-refractivity contribution in [2.24, 2.45) is 5.92 Å². The number of nitrogen functional groups attached to an aromatic ring is 1. The van der Waals surface area contributed by atoms with Gasteiger partial charge in [0.2, 0.25) is 0 Å². The summed E-state index contributed by atoms with van der Waals surface area (Å²) in [7, 11) is 0. The molecular formula is C13H16ClNO. The molecule has 0 aliphatic heterocycles. The highest BCUT2D eigenvalue weighted by atomic mass is 35.5. The number of rotatable bonds is 4. The fraction of sp³-hybridized carbons (Fsp3) is 0.462. The number of benzene rings is 1. The number of nitrogens with two attached hydrogens (primary N) is 1. The molecule has 1 aromatic carbocycles. The quantitative estimate of drug-likeness (QED) is 0.816. The van der Waals surface area contributed by atoms with E-state index < -0.39 is 0 Å². The smallest absolute Gasteiger partial charge is 0.130 e. The van der Waals surface area contributed by atoms with E-state index in [-0.39, 0.29) is 5.78 Å². The summed E-state index contributed by atoms with van der Waals surface area (Å²) in [4.78, 5) is 11.3. The van der Waals surface area contributed by atoms with Gasteiger partial charge in [0, 0.05) is 6.42 Å². The molecule has 2 rings (SSSR count). The summed E-state index contributed by atoms with van der Waals surface area (Å²) in [5, 5.41) is 0.584. The minimum atomic E-state index is 0.241. The molecule has 1 fully saturated rings.